The van der Waals surface area contributed by atoms with E-state index in [-0.39, 0.29) is 0 Å². The Kier molecular flexibility index (Phi) is 9.05. The molecule has 12 rings (SSSR count). The molecule has 3 heteroatoms. The van der Waals surface area contributed by atoms with Gasteiger partial charge in [-0.25, -0.2) is 0 Å². The van der Waals surface area contributed by atoms with Gasteiger partial charge in [0, 0.05) is 50.4 Å². The largest absolute Gasteiger partial charge is 0.456 e. The molecule has 10 aromatic carbocycles. The number of fused-ring (bicyclic) bond motifs is 6. The van der Waals surface area contributed by atoms with Crippen LogP contribution < -0.4 is 4.90 Å². The number of rotatable bonds is 9. The summed E-state index contributed by atoms with van der Waals surface area (Å²) in [6, 6.07) is 91.9. The smallest absolute Gasteiger partial charge is 0.137 e. The number of aromatic nitrogens is 1. The van der Waals surface area contributed by atoms with E-state index < -0.39 is 5.41 Å². The summed E-state index contributed by atoms with van der Waals surface area (Å²) >= 11 is 0. The molecule has 0 N–H and O–H groups in total. The highest BCUT2D eigenvalue weighted by Gasteiger charge is 2.38. The van der Waals surface area contributed by atoms with E-state index in [0.29, 0.717) is 0 Å². The number of nitrogens with zero attached hydrogens (tertiary/aromatic N) is 2. The van der Waals surface area contributed by atoms with Crippen molar-refractivity contribution in [3.05, 3.63) is 277 Å². The Hall–Kier alpha value is -8.40. The van der Waals surface area contributed by atoms with E-state index in [1.807, 2.05) is 12.1 Å². The molecule has 12 aromatic rings. The third kappa shape index (κ3) is 6.13. The topological polar surface area (TPSA) is 21.3 Å². The van der Waals surface area contributed by atoms with Gasteiger partial charge in [-0.1, -0.05) is 176 Å². The quantitative estimate of drug-likeness (QED) is 0.135. The normalized spacial score (nSPS) is 11.8. The Morgan fingerprint density at radius 3 is 1.42 bits per heavy atom. The molecule has 0 saturated heterocycles. The van der Waals surface area contributed by atoms with Gasteiger partial charge in [0.05, 0.1) is 16.4 Å². The van der Waals surface area contributed by atoms with Crippen LogP contribution in [0.1, 0.15) is 22.3 Å². The lowest BCUT2D eigenvalue weighted by molar-refractivity contribution is 0.669. The molecule has 302 valence electrons. The van der Waals surface area contributed by atoms with Gasteiger partial charge in [-0.3, -0.25) is 0 Å². The van der Waals surface area contributed by atoms with Crippen molar-refractivity contribution < 1.29 is 4.42 Å². The lowest BCUT2D eigenvalue weighted by Gasteiger charge is -2.37. The Labute approximate surface area is 372 Å². The summed E-state index contributed by atoms with van der Waals surface area (Å²) in [6.07, 6.45) is 0. The minimum atomic E-state index is -0.545. The maximum Gasteiger partial charge on any atom is 0.137 e. The van der Waals surface area contributed by atoms with Crippen LogP contribution in [-0.2, 0) is 5.41 Å². The first kappa shape index (κ1) is 37.4. The average molecular weight is 819 g/mol. The van der Waals surface area contributed by atoms with E-state index in [2.05, 4.69) is 252 Å². The molecule has 0 aliphatic heterocycles. The van der Waals surface area contributed by atoms with Crippen LogP contribution in [0.25, 0.3) is 60.6 Å². The highest BCUT2D eigenvalue weighted by molar-refractivity contribution is 6.10. The maximum atomic E-state index is 6.47. The first-order valence-electron chi connectivity index (χ1n) is 21.9. The van der Waals surface area contributed by atoms with Gasteiger partial charge in [-0.15, -0.1) is 0 Å². The Morgan fingerprint density at radius 2 is 0.781 bits per heavy atom. The molecular formula is C61H42N2O. The number of hydrogen-bond donors (Lipinski definition) is 0. The van der Waals surface area contributed by atoms with Crippen molar-refractivity contribution in [1.82, 2.24) is 4.57 Å². The minimum absolute atomic E-state index is 0.545. The van der Waals surface area contributed by atoms with Crippen molar-refractivity contribution in [3.8, 4) is 16.8 Å². The SMILES string of the molecule is c1ccc(-n2c3ccccc3c3cc(-c4ccc(N(c5ccc(C(c6ccccc6)(c6ccccc6)c6ccccc6)cc5)c5ccc6c(c5)oc5ccccc56)cc4)ccc32)cc1. The van der Waals surface area contributed by atoms with Gasteiger partial charge >= 0.3 is 0 Å². The molecule has 0 spiro atoms. The van der Waals surface area contributed by atoms with Gasteiger partial charge in [-0.2, -0.15) is 0 Å². The summed E-state index contributed by atoms with van der Waals surface area (Å²) in [4.78, 5) is 2.34. The third-order valence-corrected chi connectivity index (χ3v) is 12.9. The van der Waals surface area contributed by atoms with Crippen LogP contribution in [0.3, 0.4) is 0 Å². The first-order valence-corrected chi connectivity index (χ1v) is 21.9. The second kappa shape index (κ2) is 15.5. The number of benzene rings is 10. The molecule has 0 saturated carbocycles. The Bertz CT molecular complexity index is 3480. The zero-order valence-electron chi connectivity index (χ0n) is 35.1. The van der Waals surface area contributed by atoms with Crippen LogP contribution in [0.4, 0.5) is 17.1 Å². The van der Waals surface area contributed by atoms with Gasteiger partial charge in [0.2, 0.25) is 0 Å². The van der Waals surface area contributed by atoms with Gasteiger partial charge in [0.1, 0.15) is 11.2 Å². The maximum absolute atomic E-state index is 6.47. The standard InChI is InChI=1S/C61H42N2O/c1-5-17-45(18-6-1)61(46-19-7-2-8-20-46,47-21-9-3-10-22-47)48-32-36-51(37-33-48)62(52-38-39-55-54-26-14-16-28-59(54)64-60(55)42-52)50-34-29-43(30-35-50)44-31-40-58-56(41-44)53-25-13-15-27-57(53)63(58)49-23-11-4-12-24-49/h1-42H. The van der Waals surface area contributed by atoms with E-state index in [4.69, 9.17) is 4.42 Å². The fraction of sp³-hybridized carbons (Fsp3) is 0.0164. The van der Waals surface area contributed by atoms with Crippen molar-refractivity contribution >= 4 is 60.8 Å². The van der Waals surface area contributed by atoms with Gasteiger partial charge < -0.3 is 13.9 Å². The van der Waals surface area contributed by atoms with E-state index in [1.54, 1.807) is 0 Å². The zero-order valence-corrected chi connectivity index (χ0v) is 35.1. The van der Waals surface area contributed by atoms with E-state index in [0.717, 1.165) is 50.3 Å². The van der Waals surface area contributed by atoms with Gasteiger partial charge in [-0.05, 0) is 106 Å². The third-order valence-electron chi connectivity index (χ3n) is 12.9. The fourth-order valence-electron chi connectivity index (χ4n) is 10.0. The summed E-state index contributed by atoms with van der Waals surface area (Å²) in [7, 11) is 0. The monoisotopic (exact) mass is 818 g/mol. The lowest BCUT2D eigenvalue weighted by atomic mass is 9.65. The van der Waals surface area contributed by atoms with Crippen molar-refractivity contribution in [2.45, 2.75) is 5.41 Å². The van der Waals surface area contributed by atoms with Crippen LogP contribution in [0.5, 0.6) is 0 Å². The van der Waals surface area contributed by atoms with E-state index in [9.17, 15) is 0 Å². The highest BCUT2D eigenvalue weighted by Crippen LogP contribution is 2.47. The molecule has 0 aliphatic carbocycles. The van der Waals surface area contributed by atoms with Gasteiger partial charge in [0.15, 0.2) is 0 Å². The number of furan rings is 1. The molecule has 2 aromatic heterocycles. The molecule has 0 radical (unpaired) electrons. The molecule has 0 amide bonds. The predicted molar refractivity (Wildman–Crippen MR) is 266 cm³/mol. The van der Waals surface area contributed by atoms with Crippen LogP contribution >= 0.6 is 0 Å². The van der Waals surface area contributed by atoms with Crippen LogP contribution in [-0.4, -0.2) is 4.57 Å². The second-order valence-electron chi connectivity index (χ2n) is 16.5. The number of anilines is 3. The second-order valence-corrected chi connectivity index (χ2v) is 16.5. The molecule has 0 bridgehead atoms. The molecular weight excluding hydrogens is 777 g/mol. The van der Waals surface area contributed by atoms with E-state index >= 15 is 0 Å². The summed E-state index contributed by atoms with van der Waals surface area (Å²) in [5, 5.41) is 4.70. The van der Waals surface area contributed by atoms with Crippen molar-refractivity contribution in [1.29, 1.82) is 0 Å². The molecule has 0 unspecified atom stereocenters. The lowest BCUT2D eigenvalue weighted by Crippen LogP contribution is -2.31. The molecule has 0 fully saturated rings. The van der Waals surface area contributed by atoms with E-state index in [1.165, 1.54) is 49.6 Å². The number of hydrogen-bond acceptors (Lipinski definition) is 2. The first-order chi connectivity index (χ1) is 31.7. The molecule has 2 heterocycles. The Balaban J connectivity index is 0.992. The van der Waals surface area contributed by atoms with Crippen molar-refractivity contribution in [3.63, 3.8) is 0 Å². The molecule has 0 aliphatic rings. The zero-order chi connectivity index (χ0) is 42.5. The Morgan fingerprint density at radius 1 is 0.312 bits per heavy atom. The highest BCUT2D eigenvalue weighted by atomic mass is 16.3. The summed E-state index contributed by atoms with van der Waals surface area (Å²) < 4.78 is 8.83. The van der Waals surface area contributed by atoms with Crippen molar-refractivity contribution in [2.24, 2.45) is 0 Å². The minimum Gasteiger partial charge on any atom is -0.456 e. The van der Waals surface area contributed by atoms with Gasteiger partial charge in [0.25, 0.3) is 0 Å². The molecule has 3 nitrogen and oxygen atoms in total. The fourth-order valence-corrected chi connectivity index (χ4v) is 10.0. The number of para-hydroxylation sites is 3. The summed E-state index contributed by atoms with van der Waals surface area (Å²) in [5.74, 6) is 0. The molecule has 64 heavy (non-hydrogen) atoms. The predicted octanol–water partition coefficient (Wildman–Crippen LogP) is 16.2. The van der Waals surface area contributed by atoms with Crippen LogP contribution in [0.2, 0.25) is 0 Å². The van der Waals surface area contributed by atoms with Crippen LogP contribution in [0.15, 0.2) is 259 Å². The summed E-state index contributed by atoms with van der Waals surface area (Å²) in [6.45, 7) is 0. The van der Waals surface area contributed by atoms with Crippen molar-refractivity contribution in [2.75, 3.05) is 4.90 Å². The average Bonchev–Trinajstić information content (AvgIpc) is 3.91. The van der Waals surface area contributed by atoms with Crippen LogP contribution in [0, 0.1) is 0 Å². The molecule has 0 atom stereocenters. The summed E-state index contributed by atoms with van der Waals surface area (Å²) in [5.41, 5.74) is 15.0.